The Balaban J connectivity index is 1.93. The van der Waals surface area contributed by atoms with Gasteiger partial charge in [-0.3, -0.25) is 0 Å². The molecule has 2 aliphatic carbocycles. The molecule has 2 rings (SSSR count). The van der Waals surface area contributed by atoms with Crippen molar-refractivity contribution in [3.63, 3.8) is 0 Å². The van der Waals surface area contributed by atoms with Gasteiger partial charge >= 0.3 is 6.09 Å². The molecule has 0 aromatic carbocycles. The molecule has 0 saturated heterocycles. The topological polar surface area (TPSA) is 47.6 Å². The highest BCUT2D eigenvalue weighted by molar-refractivity contribution is 5.68. The van der Waals surface area contributed by atoms with E-state index >= 15 is 0 Å². The van der Waals surface area contributed by atoms with Crippen LogP contribution in [0.15, 0.2) is 41.7 Å². The molecule has 1 fully saturated rings. The summed E-state index contributed by atoms with van der Waals surface area (Å²) >= 11 is 0. The number of ether oxygens (including phenoxy) is 2. The number of alkyl carbamates (subject to hydrolysis) is 1. The lowest BCUT2D eigenvalue weighted by atomic mass is 9.89. The molecule has 0 heterocycles. The van der Waals surface area contributed by atoms with E-state index in [1.165, 1.54) is 32.1 Å². The molecule has 29 heavy (non-hydrogen) atoms. The molecule has 4 heteroatoms. The summed E-state index contributed by atoms with van der Waals surface area (Å²) in [4.78, 5) is 12.5. The maximum Gasteiger partial charge on any atom is 0.407 e. The number of carbonyl (C=O) groups excluding carboxylic acids is 1. The Hall–Kier alpha value is -1.77. The van der Waals surface area contributed by atoms with Crippen molar-refractivity contribution in [2.75, 3.05) is 13.2 Å². The number of carbonyl (C=O) groups is 1. The Bertz CT molecular complexity index is 640. The summed E-state index contributed by atoms with van der Waals surface area (Å²) in [5.41, 5.74) is 3.76. The quantitative estimate of drug-likeness (QED) is 0.375. The standard InChI is InChI=1S/C25H39NO3/c1-5-25(3,4)29-24(27)26-23(17-22-15-11-10-12-20(2)16-22)19-28-18-21-13-8-6-7-9-14-21/h6-9,13,20,22-23H,5,10-12,15-19H2,1-4H3,(H,26,27). The number of hydrogen-bond acceptors (Lipinski definition) is 3. The summed E-state index contributed by atoms with van der Waals surface area (Å²) in [6.07, 6.45) is 17.6. The molecule has 4 nitrogen and oxygen atoms in total. The molecule has 0 spiro atoms. The van der Waals surface area contributed by atoms with Gasteiger partial charge in [-0.25, -0.2) is 4.79 Å². The third kappa shape index (κ3) is 9.51. The fourth-order valence-corrected chi connectivity index (χ4v) is 3.93. The van der Waals surface area contributed by atoms with Gasteiger partial charge in [0.15, 0.2) is 0 Å². The number of nitrogens with one attached hydrogen (secondary N) is 1. The molecule has 1 saturated carbocycles. The first-order valence-corrected chi connectivity index (χ1v) is 11.2. The molecule has 2 aliphatic rings. The maximum absolute atomic E-state index is 12.5. The van der Waals surface area contributed by atoms with Gasteiger partial charge in [-0.1, -0.05) is 57.8 Å². The number of rotatable bonds is 9. The number of allylic oxidation sites excluding steroid dienone is 3. The molecular weight excluding hydrogens is 362 g/mol. The number of amides is 1. The van der Waals surface area contributed by atoms with E-state index in [4.69, 9.17) is 9.47 Å². The van der Waals surface area contributed by atoms with Crippen molar-refractivity contribution in [3.8, 4) is 0 Å². The van der Waals surface area contributed by atoms with Crippen molar-refractivity contribution in [3.05, 3.63) is 41.7 Å². The van der Waals surface area contributed by atoms with E-state index in [0.717, 1.165) is 24.3 Å². The van der Waals surface area contributed by atoms with Crippen LogP contribution < -0.4 is 5.32 Å². The summed E-state index contributed by atoms with van der Waals surface area (Å²) in [7, 11) is 0. The first-order chi connectivity index (χ1) is 13.9. The third-order valence-electron chi connectivity index (χ3n) is 5.92. The summed E-state index contributed by atoms with van der Waals surface area (Å²) in [6.45, 7) is 9.23. The van der Waals surface area contributed by atoms with Crippen LogP contribution in [0.2, 0.25) is 0 Å². The summed E-state index contributed by atoms with van der Waals surface area (Å²) in [6, 6.07) is -0.0390. The van der Waals surface area contributed by atoms with E-state index in [9.17, 15) is 4.79 Å². The van der Waals surface area contributed by atoms with Crippen LogP contribution in [0.5, 0.6) is 0 Å². The SMILES string of the molecule is CCC(C)(C)OC(=O)NC(COCC1=C=CC=CC=C1)CC1CCCCC(C)C1. The van der Waals surface area contributed by atoms with Crippen molar-refractivity contribution < 1.29 is 14.3 Å². The van der Waals surface area contributed by atoms with E-state index < -0.39 is 5.60 Å². The monoisotopic (exact) mass is 401 g/mol. The molecule has 1 amide bonds. The van der Waals surface area contributed by atoms with Crippen LogP contribution in [0, 0.1) is 11.8 Å². The zero-order valence-corrected chi connectivity index (χ0v) is 18.7. The Morgan fingerprint density at radius 1 is 1.28 bits per heavy atom. The van der Waals surface area contributed by atoms with Crippen LogP contribution >= 0.6 is 0 Å². The average molecular weight is 402 g/mol. The minimum Gasteiger partial charge on any atom is -0.444 e. The fourth-order valence-electron chi connectivity index (χ4n) is 3.93. The van der Waals surface area contributed by atoms with Gasteiger partial charge in [0, 0.05) is 5.57 Å². The van der Waals surface area contributed by atoms with E-state index in [2.05, 4.69) is 18.0 Å². The average Bonchev–Trinajstić information content (AvgIpc) is 3.03. The minimum atomic E-state index is -0.458. The van der Waals surface area contributed by atoms with Gasteiger partial charge < -0.3 is 14.8 Å². The van der Waals surface area contributed by atoms with E-state index in [0.29, 0.717) is 19.1 Å². The van der Waals surface area contributed by atoms with Crippen molar-refractivity contribution in [1.29, 1.82) is 0 Å². The molecule has 3 unspecified atom stereocenters. The van der Waals surface area contributed by atoms with Crippen LogP contribution in [0.3, 0.4) is 0 Å². The first kappa shape index (κ1) is 23.5. The molecule has 0 aliphatic heterocycles. The summed E-state index contributed by atoms with van der Waals surface area (Å²) in [5.74, 6) is 1.38. The Kier molecular flexibility index (Phi) is 9.76. The van der Waals surface area contributed by atoms with Gasteiger partial charge in [-0.15, -0.1) is 5.73 Å². The zero-order chi connectivity index (χ0) is 21.1. The first-order valence-electron chi connectivity index (χ1n) is 11.2. The Morgan fingerprint density at radius 3 is 2.86 bits per heavy atom. The number of hydrogen-bond donors (Lipinski definition) is 1. The summed E-state index contributed by atoms with van der Waals surface area (Å²) < 4.78 is 11.6. The Morgan fingerprint density at radius 2 is 2.07 bits per heavy atom. The van der Waals surface area contributed by atoms with Gasteiger partial charge in [0.1, 0.15) is 5.60 Å². The highest BCUT2D eigenvalue weighted by Gasteiger charge is 2.25. The van der Waals surface area contributed by atoms with E-state index in [1.807, 2.05) is 51.2 Å². The third-order valence-corrected chi connectivity index (χ3v) is 5.92. The van der Waals surface area contributed by atoms with Crippen LogP contribution in [0.1, 0.15) is 72.6 Å². The highest BCUT2D eigenvalue weighted by Crippen LogP contribution is 2.30. The zero-order valence-electron chi connectivity index (χ0n) is 18.7. The van der Waals surface area contributed by atoms with Crippen molar-refractivity contribution in [1.82, 2.24) is 5.32 Å². The summed E-state index contributed by atoms with van der Waals surface area (Å²) in [5, 5.41) is 3.09. The largest absolute Gasteiger partial charge is 0.444 e. The molecular formula is C25H39NO3. The van der Waals surface area contributed by atoms with Crippen molar-refractivity contribution in [2.45, 2.75) is 84.3 Å². The van der Waals surface area contributed by atoms with Crippen molar-refractivity contribution in [2.24, 2.45) is 11.8 Å². The maximum atomic E-state index is 12.5. The van der Waals surface area contributed by atoms with Gasteiger partial charge in [-0.2, -0.15) is 0 Å². The second-order valence-electron chi connectivity index (χ2n) is 9.17. The second-order valence-corrected chi connectivity index (χ2v) is 9.17. The lowest BCUT2D eigenvalue weighted by molar-refractivity contribution is 0.0292. The van der Waals surface area contributed by atoms with Gasteiger partial charge in [0.25, 0.3) is 0 Å². The lowest BCUT2D eigenvalue weighted by Crippen LogP contribution is -2.43. The predicted molar refractivity (Wildman–Crippen MR) is 119 cm³/mol. The molecule has 162 valence electrons. The highest BCUT2D eigenvalue weighted by atomic mass is 16.6. The molecule has 3 atom stereocenters. The molecule has 0 radical (unpaired) electrons. The normalized spacial score (nSPS) is 23.1. The van der Waals surface area contributed by atoms with E-state index in [1.54, 1.807) is 0 Å². The van der Waals surface area contributed by atoms with Crippen LogP contribution in [0.25, 0.3) is 0 Å². The molecule has 0 bridgehead atoms. The molecule has 0 aromatic rings. The van der Waals surface area contributed by atoms with Gasteiger partial charge in [0.05, 0.1) is 19.3 Å². The smallest absolute Gasteiger partial charge is 0.407 e. The van der Waals surface area contributed by atoms with Gasteiger partial charge in [-0.05, 0) is 57.1 Å². The van der Waals surface area contributed by atoms with Crippen LogP contribution in [-0.4, -0.2) is 30.9 Å². The van der Waals surface area contributed by atoms with Crippen LogP contribution in [-0.2, 0) is 9.47 Å². The predicted octanol–water partition coefficient (Wildman–Crippen LogP) is 6.10. The second kappa shape index (κ2) is 12.0. The van der Waals surface area contributed by atoms with Crippen molar-refractivity contribution >= 4 is 6.09 Å². The van der Waals surface area contributed by atoms with E-state index in [-0.39, 0.29) is 12.1 Å². The minimum absolute atomic E-state index is 0.0390. The van der Waals surface area contributed by atoms with Crippen LogP contribution in [0.4, 0.5) is 4.79 Å². The lowest BCUT2D eigenvalue weighted by Gasteiger charge is -2.28. The Labute approximate surface area is 177 Å². The van der Waals surface area contributed by atoms with Gasteiger partial charge in [0.2, 0.25) is 0 Å². The molecule has 0 aromatic heterocycles. The molecule has 1 N–H and O–H groups in total. The fraction of sp³-hybridized carbons (Fsp3) is 0.680.